The lowest BCUT2D eigenvalue weighted by molar-refractivity contribution is 0.414. The van der Waals surface area contributed by atoms with Crippen molar-refractivity contribution in [2.45, 2.75) is 32.4 Å². The number of aryl methyl sites for hydroxylation is 1. The zero-order valence-corrected chi connectivity index (χ0v) is 12.4. The molecule has 0 bridgehead atoms. The maximum Gasteiger partial charge on any atom is 0.128 e. The van der Waals surface area contributed by atoms with Crippen LogP contribution in [0.5, 0.6) is 5.75 Å². The van der Waals surface area contributed by atoms with Crippen molar-refractivity contribution < 1.29 is 9.13 Å². The topological polar surface area (TPSA) is 21.3 Å². The Morgan fingerprint density at radius 3 is 2.62 bits per heavy atom. The van der Waals surface area contributed by atoms with E-state index in [2.05, 4.69) is 5.32 Å². The van der Waals surface area contributed by atoms with Gasteiger partial charge in [-0.2, -0.15) is 0 Å². The number of halogens is 1. The van der Waals surface area contributed by atoms with E-state index < -0.39 is 0 Å². The summed E-state index contributed by atoms with van der Waals surface area (Å²) < 4.78 is 19.4. The second-order valence-corrected chi connectivity index (χ2v) is 5.64. The Morgan fingerprint density at radius 1 is 1.19 bits per heavy atom. The van der Waals surface area contributed by atoms with Crippen molar-refractivity contribution in [2.75, 3.05) is 7.11 Å². The summed E-state index contributed by atoms with van der Waals surface area (Å²) in [6, 6.07) is 11.9. The normalized spacial score (nSPS) is 14.2. The summed E-state index contributed by atoms with van der Waals surface area (Å²) in [5, 5.41) is 3.34. The van der Waals surface area contributed by atoms with Crippen molar-refractivity contribution >= 4 is 0 Å². The van der Waals surface area contributed by atoms with Gasteiger partial charge in [0.15, 0.2) is 0 Å². The maximum absolute atomic E-state index is 14.2. The molecule has 3 rings (SSSR count). The van der Waals surface area contributed by atoms with Gasteiger partial charge < -0.3 is 10.1 Å². The van der Waals surface area contributed by atoms with E-state index in [1.807, 2.05) is 37.3 Å². The Kier molecular flexibility index (Phi) is 3.93. The predicted molar refractivity (Wildman–Crippen MR) is 83.0 cm³/mol. The minimum absolute atomic E-state index is 0.143. The fraction of sp³-hybridized carbons (Fsp3) is 0.333. The predicted octanol–water partition coefficient (Wildman–Crippen LogP) is 4.06. The Bertz CT molecular complexity index is 650. The molecule has 1 N–H and O–H groups in total. The largest absolute Gasteiger partial charge is 0.497 e. The van der Waals surface area contributed by atoms with Crippen LogP contribution in [0.2, 0.25) is 0 Å². The average Bonchev–Trinajstić information content (AvgIpc) is 3.30. The van der Waals surface area contributed by atoms with Crippen LogP contribution < -0.4 is 10.1 Å². The van der Waals surface area contributed by atoms with Crippen molar-refractivity contribution in [3.8, 4) is 16.9 Å². The van der Waals surface area contributed by atoms with Gasteiger partial charge in [0.05, 0.1) is 7.11 Å². The fourth-order valence-corrected chi connectivity index (χ4v) is 2.49. The second kappa shape index (κ2) is 5.86. The molecule has 3 heteroatoms. The molecular formula is C18H20FNO. The molecular weight excluding hydrogens is 265 g/mol. The number of rotatable bonds is 5. The number of benzene rings is 2. The number of hydrogen-bond acceptors (Lipinski definition) is 2. The molecule has 0 atom stereocenters. The third kappa shape index (κ3) is 3.24. The van der Waals surface area contributed by atoms with Crippen LogP contribution in [0.25, 0.3) is 11.1 Å². The van der Waals surface area contributed by atoms with Gasteiger partial charge in [-0.1, -0.05) is 18.2 Å². The van der Waals surface area contributed by atoms with Gasteiger partial charge in [-0.3, -0.25) is 0 Å². The molecule has 110 valence electrons. The minimum atomic E-state index is -0.143. The van der Waals surface area contributed by atoms with E-state index in [4.69, 9.17) is 4.74 Å². The van der Waals surface area contributed by atoms with E-state index in [0.717, 1.165) is 28.0 Å². The maximum atomic E-state index is 14.2. The quantitative estimate of drug-likeness (QED) is 0.894. The molecule has 2 nitrogen and oxygen atoms in total. The Labute approximate surface area is 125 Å². The van der Waals surface area contributed by atoms with E-state index in [0.29, 0.717) is 12.6 Å². The molecule has 2 aromatic rings. The van der Waals surface area contributed by atoms with E-state index in [-0.39, 0.29) is 5.82 Å². The van der Waals surface area contributed by atoms with Crippen LogP contribution in [0.3, 0.4) is 0 Å². The first kappa shape index (κ1) is 14.1. The number of nitrogens with one attached hydrogen (secondary N) is 1. The molecule has 1 saturated carbocycles. The highest BCUT2D eigenvalue weighted by atomic mass is 19.1. The van der Waals surface area contributed by atoms with E-state index in [1.54, 1.807) is 13.2 Å². The second-order valence-electron chi connectivity index (χ2n) is 5.64. The van der Waals surface area contributed by atoms with Gasteiger partial charge in [0, 0.05) is 18.2 Å². The third-order valence-electron chi connectivity index (χ3n) is 3.96. The van der Waals surface area contributed by atoms with Crippen LogP contribution in [0.1, 0.15) is 24.0 Å². The lowest BCUT2D eigenvalue weighted by Crippen LogP contribution is -2.16. The Morgan fingerprint density at radius 2 is 2.00 bits per heavy atom. The van der Waals surface area contributed by atoms with Crippen LogP contribution in [0.15, 0.2) is 36.4 Å². The van der Waals surface area contributed by atoms with Gasteiger partial charge in [0.2, 0.25) is 0 Å². The number of hydrogen-bond donors (Lipinski definition) is 1. The summed E-state index contributed by atoms with van der Waals surface area (Å²) in [6.07, 6.45) is 2.43. The summed E-state index contributed by atoms with van der Waals surface area (Å²) in [5.74, 6) is 0.679. The van der Waals surface area contributed by atoms with Crippen molar-refractivity contribution in [1.29, 1.82) is 0 Å². The van der Waals surface area contributed by atoms with Crippen LogP contribution in [0.4, 0.5) is 4.39 Å². The van der Waals surface area contributed by atoms with Crippen molar-refractivity contribution in [1.82, 2.24) is 5.32 Å². The summed E-state index contributed by atoms with van der Waals surface area (Å²) in [4.78, 5) is 0. The van der Waals surface area contributed by atoms with Gasteiger partial charge in [-0.15, -0.1) is 0 Å². The van der Waals surface area contributed by atoms with Gasteiger partial charge >= 0.3 is 0 Å². The standard InChI is InChI=1S/C18H20FNO/c1-12-9-16(21-2)7-8-17(12)13-3-4-14(18(19)10-13)11-20-15-5-6-15/h3-4,7-10,15,20H,5-6,11H2,1-2H3. The first-order chi connectivity index (χ1) is 10.2. The zero-order chi connectivity index (χ0) is 14.8. The molecule has 0 heterocycles. The van der Waals surface area contributed by atoms with E-state index >= 15 is 0 Å². The highest BCUT2D eigenvalue weighted by Crippen LogP contribution is 2.28. The monoisotopic (exact) mass is 285 g/mol. The molecule has 1 aliphatic carbocycles. The number of methoxy groups -OCH3 is 1. The molecule has 0 amide bonds. The summed E-state index contributed by atoms with van der Waals surface area (Å²) in [6.45, 7) is 2.62. The molecule has 0 spiro atoms. The van der Waals surface area contributed by atoms with Crippen LogP contribution in [0, 0.1) is 12.7 Å². The van der Waals surface area contributed by atoms with Crippen molar-refractivity contribution in [3.63, 3.8) is 0 Å². The lowest BCUT2D eigenvalue weighted by Gasteiger charge is -2.10. The molecule has 0 aromatic heterocycles. The smallest absolute Gasteiger partial charge is 0.128 e. The van der Waals surface area contributed by atoms with Gasteiger partial charge in [0.1, 0.15) is 11.6 Å². The molecule has 0 unspecified atom stereocenters. The number of ether oxygens (including phenoxy) is 1. The summed E-state index contributed by atoms with van der Waals surface area (Å²) in [5.41, 5.74) is 3.76. The third-order valence-corrected chi connectivity index (χ3v) is 3.96. The minimum Gasteiger partial charge on any atom is -0.497 e. The Hall–Kier alpha value is -1.87. The lowest BCUT2D eigenvalue weighted by atomic mass is 9.99. The van der Waals surface area contributed by atoms with Crippen molar-refractivity contribution in [3.05, 3.63) is 53.3 Å². The highest BCUT2D eigenvalue weighted by Gasteiger charge is 2.20. The molecule has 0 radical (unpaired) electrons. The van der Waals surface area contributed by atoms with Crippen LogP contribution in [-0.4, -0.2) is 13.2 Å². The molecule has 0 aliphatic heterocycles. The van der Waals surface area contributed by atoms with Crippen molar-refractivity contribution in [2.24, 2.45) is 0 Å². The van der Waals surface area contributed by atoms with E-state index in [9.17, 15) is 4.39 Å². The first-order valence-electron chi connectivity index (χ1n) is 7.34. The SMILES string of the molecule is COc1ccc(-c2ccc(CNC3CC3)c(F)c2)c(C)c1. The van der Waals surface area contributed by atoms with Gasteiger partial charge in [0.25, 0.3) is 0 Å². The van der Waals surface area contributed by atoms with Gasteiger partial charge in [-0.05, 0) is 54.7 Å². The average molecular weight is 285 g/mol. The van der Waals surface area contributed by atoms with Crippen LogP contribution in [-0.2, 0) is 6.54 Å². The molecule has 0 saturated heterocycles. The molecule has 21 heavy (non-hydrogen) atoms. The summed E-state index contributed by atoms with van der Waals surface area (Å²) >= 11 is 0. The first-order valence-corrected chi connectivity index (χ1v) is 7.34. The molecule has 2 aromatic carbocycles. The zero-order valence-electron chi connectivity index (χ0n) is 12.4. The Balaban J connectivity index is 1.83. The summed E-state index contributed by atoms with van der Waals surface area (Å²) in [7, 11) is 1.65. The highest BCUT2D eigenvalue weighted by molar-refractivity contribution is 5.68. The fourth-order valence-electron chi connectivity index (χ4n) is 2.49. The van der Waals surface area contributed by atoms with Gasteiger partial charge in [-0.25, -0.2) is 4.39 Å². The van der Waals surface area contributed by atoms with Crippen LogP contribution >= 0.6 is 0 Å². The van der Waals surface area contributed by atoms with E-state index in [1.165, 1.54) is 12.8 Å². The molecule has 1 aliphatic rings. The molecule has 1 fully saturated rings.